The van der Waals surface area contributed by atoms with Gasteiger partial charge in [0.2, 0.25) is 0 Å². The van der Waals surface area contributed by atoms with Crippen LogP contribution in [0.25, 0.3) is 5.65 Å². The van der Waals surface area contributed by atoms with Gasteiger partial charge in [0.25, 0.3) is 0 Å². The lowest BCUT2D eigenvalue weighted by molar-refractivity contribution is -0.0498. The molecule has 0 radical (unpaired) electrons. The summed E-state index contributed by atoms with van der Waals surface area (Å²) in [5.74, 6) is 0.806. The van der Waals surface area contributed by atoms with Gasteiger partial charge in [0, 0.05) is 18.0 Å². The van der Waals surface area contributed by atoms with Crippen molar-refractivity contribution in [2.45, 2.75) is 24.9 Å². The molecule has 23 heavy (non-hydrogen) atoms. The van der Waals surface area contributed by atoms with Gasteiger partial charge >= 0.3 is 6.61 Å². The quantitative estimate of drug-likeness (QED) is 0.715. The summed E-state index contributed by atoms with van der Waals surface area (Å²) in [6, 6.07) is 8.65. The standard InChI is InChI=1S/C16H12ClF2N3O/c17-14-8-13(15-20-5-6-22(15)21-14)12-7-11(12)9-1-3-10(4-2-9)23-16(18)19/h1-6,8,11-12,16H,7H2/t11-,12?/m1/s1. The number of rotatable bonds is 4. The van der Waals surface area contributed by atoms with Crippen molar-refractivity contribution in [3.05, 3.63) is 59.0 Å². The van der Waals surface area contributed by atoms with Crippen LogP contribution in [0.15, 0.2) is 42.7 Å². The molecular weight excluding hydrogens is 324 g/mol. The van der Waals surface area contributed by atoms with E-state index >= 15 is 0 Å². The lowest BCUT2D eigenvalue weighted by atomic mass is 10.1. The van der Waals surface area contributed by atoms with Crippen LogP contribution in [0.5, 0.6) is 5.75 Å². The number of halogens is 3. The Kier molecular flexibility index (Phi) is 3.41. The number of hydrogen-bond donors (Lipinski definition) is 0. The van der Waals surface area contributed by atoms with Gasteiger partial charge < -0.3 is 4.74 Å². The Labute approximate surface area is 135 Å². The zero-order valence-electron chi connectivity index (χ0n) is 11.9. The molecule has 2 aromatic heterocycles. The van der Waals surface area contributed by atoms with E-state index in [-0.39, 0.29) is 5.75 Å². The molecule has 0 saturated heterocycles. The number of fused-ring (bicyclic) bond motifs is 1. The molecule has 0 aliphatic heterocycles. The molecule has 1 fully saturated rings. The first-order chi connectivity index (χ1) is 11.1. The van der Waals surface area contributed by atoms with Crippen LogP contribution in [0.4, 0.5) is 8.78 Å². The van der Waals surface area contributed by atoms with Crippen LogP contribution in [0, 0.1) is 0 Å². The second-order valence-electron chi connectivity index (χ2n) is 5.51. The van der Waals surface area contributed by atoms with E-state index in [9.17, 15) is 8.78 Å². The summed E-state index contributed by atoms with van der Waals surface area (Å²) in [6.45, 7) is -2.80. The highest BCUT2D eigenvalue weighted by atomic mass is 35.5. The van der Waals surface area contributed by atoms with Gasteiger partial charge in [-0.05, 0) is 42.0 Å². The smallest absolute Gasteiger partial charge is 0.387 e. The number of ether oxygens (including phenoxy) is 1. The first-order valence-corrected chi connectivity index (χ1v) is 7.54. The van der Waals surface area contributed by atoms with E-state index < -0.39 is 6.61 Å². The Morgan fingerprint density at radius 2 is 2.00 bits per heavy atom. The number of benzene rings is 1. The predicted octanol–water partition coefficient (Wildman–Crippen LogP) is 4.26. The van der Waals surface area contributed by atoms with Crippen molar-refractivity contribution in [3.8, 4) is 5.75 Å². The molecular formula is C16H12ClF2N3O. The SMILES string of the molecule is FC(F)Oc1ccc([C@H]2CC2c2cc(Cl)nn3ccnc23)cc1. The number of hydrogen-bond acceptors (Lipinski definition) is 3. The van der Waals surface area contributed by atoms with E-state index in [1.54, 1.807) is 29.0 Å². The highest BCUT2D eigenvalue weighted by Crippen LogP contribution is 2.55. The Morgan fingerprint density at radius 3 is 2.74 bits per heavy atom. The molecule has 0 bridgehead atoms. The summed E-state index contributed by atoms with van der Waals surface area (Å²) >= 11 is 6.07. The topological polar surface area (TPSA) is 39.4 Å². The summed E-state index contributed by atoms with van der Waals surface area (Å²) < 4.78 is 30.4. The van der Waals surface area contributed by atoms with Crippen LogP contribution < -0.4 is 4.74 Å². The van der Waals surface area contributed by atoms with Gasteiger partial charge in [0.1, 0.15) is 10.9 Å². The molecule has 1 unspecified atom stereocenters. The fraction of sp³-hybridized carbons (Fsp3) is 0.250. The minimum absolute atomic E-state index is 0.170. The van der Waals surface area contributed by atoms with Crippen LogP contribution in [0.2, 0.25) is 5.15 Å². The Bertz CT molecular complexity index is 850. The first kappa shape index (κ1) is 14.4. The molecule has 2 atom stereocenters. The van der Waals surface area contributed by atoms with Gasteiger partial charge in [-0.3, -0.25) is 0 Å². The lowest BCUT2D eigenvalue weighted by Gasteiger charge is -2.06. The van der Waals surface area contributed by atoms with Gasteiger partial charge in [-0.1, -0.05) is 23.7 Å². The highest BCUT2D eigenvalue weighted by Gasteiger charge is 2.41. The summed E-state index contributed by atoms with van der Waals surface area (Å²) in [6.07, 6.45) is 4.42. The van der Waals surface area contributed by atoms with Gasteiger partial charge in [-0.25, -0.2) is 9.50 Å². The van der Waals surface area contributed by atoms with E-state index in [0.717, 1.165) is 23.2 Å². The maximum Gasteiger partial charge on any atom is 0.387 e. The average molecular weight is 336 g/mol. The van der Waals surface area contributed by atoms with Crippen molar-refractivity contribution in [1.82, 2.24) is 14.6 Å². The third-order valence-electron chi connectivity index (χ3n) is 4.08. The average Bonchev–Trinajstić information content (AvgIpc) is 3.16. The third kappa shape index (κ3) is 2.74. The third-order valence-corrected chi connectivity index (χ3v) is 4.27. The second-order valence-corrected chi connectivity index (χ2v) is 5.90. The van der Waals surface area contributed by atoms with Crippen LogP contribution in [-0.4, -0.2) is 21.2 Å². The zero-order valence-corrected chi connectivity index (χ0v) is 12.6. The molecule has 1 aromatic carbocycles. The Balaban J connectivity index is 1.58. The van der Waals surface area contributed by atoms with Crippen molar-refractivity contribution in [2.24, 2.45) is 0 Å². The first-order valence-electron chi connectivity index (χ1n) is 7.16. The molecule has 1 aliphatic carbocycles. The van der Waals surface area contributed by atoms with Crippen molar-refractivity contribution in [3.63, 3.8) is 0 Å². The largest absolute Gasteiger partial charge is 0.435 e. The number of nitrogens with zero attached hydrogens (tertiary/aromatic N) is 3. The van der Waals surface area contributed by atoms with E-state index in [2.05, 4.69) is 14.8 Å². The monoisotopic (exact) mass is 335 g/mol. The van der Waals surface area contributed by atoms with Gasteiger partial charge in [0.05, 0.1) is 0 Å². The van der Waals surface area contributed by atoms with Crippen LogP contribution >= 0.6 is 11.6 Å². The Morgan fingerprint density at radius 1 is 1.22 bits per heavy atom. The summed E-state index contributed by atoms with van der Waals surface area (Å²) in [5.41, 5.74) is 2.96. The summed E-state index contributed by atoms with van der Waals surface area (Å²) in [4.78, 5) is 4.33. The molecule has 118 valence electrons. The van der Waals surface area contributed by atoms with E-state index in [1.165, 1.54) is 0 Å². The molecule has 7 heteroatoms. The fourth-order valence-electron chi connectivity index (χ4n) is 2.99. The maximum absolute atomic E-state index is 12.2. The maximum atomic E-state index is 12.2. The van der Waals surface area contributed by atoms with Crippen molar-refractivity contribution < 1.29 is 13.5 Å². The van der Waals surface area contributed by atoms with E-state index in [4.69, 9.17) is 11.6 Å². The lowest BCUT2D eigenvalue weighted by Crippen LogP contribution is -2.01. The molecule has 4 rings (SSSR count). The van der Waals surface area contributed by atoms with Crippen LogP contribution in [0.1, 0.15) is 29.4 Å². The number of imidazole rings is 1. The van der Waals surface area contributed by atoms with Gasteiger partial charge in [0.15, 0.2) is 5.65 Å². The molecule has 2 heterocycles. The zero-order chi connectivity index (χ0) is 16.0. The van der Waals surface area contributed by atoms with Crippen LogP contribution in [0.3, 0.4) is 0 Å². The molecule has 3 aromatic rings. The number of alkyl halides is 2. The molecule has 0 amide bonds. The van der Waals surface area contributed by atoms with Crippen molar-refractivity contribution in [2.75, 3.05) is 0 Å². The molecule has 1 aliphatic rings. The van der Waals surface area contributed by atoms with Crippen molar-refractivity contribution in [1.29, 1.82) is 0 Å². The minimum Gasteiger partial charge on any atom is -0.435 e. The van der Waals surface area contributed by atoms with Gasteiger partial charge in [-0.15, -0.1) is 0 Å². The summed E-state index contributed by atoms with van der Waals surface area (Å²) in [7, 11) is 0. The Hall–Kier alpha value is -2.21. The molecule has 0 N–H and O–H groups in total. The highest BCUT2D eigenvalue weighted by molar-refractivity contribution is 6.29. The molecule has 0 spiro atoms. The molecule has 1 saturated carbocycles. The molecule has 4 nitrogen and oxygen atoms in total. The van der Waals surface area contributed by atoms with Crippen molar-refractivity contribution >= 4 is 17.2 Å². The van der Waals surface area contributed by atoms with Gasteiger partial charge in [-0.2, -0.15) is 13.9 Å². The normalized spacial score (nSPS) is 20.2. The number of aromatic nitrogens is 3. The second kappa shape index (κ2) is 5.45. The van der Waals surface area contributed by atoms with E-state index in [1.807, 2.05) is 18.2 Å². The van der Waals surface area contributed by atoms with Crippen LogP contribution in [-0.2, 0) is 0 Å². The summed E-state index contributed by atoms with van der Waals surface area (Å²) in [5, 5.41) is 4.60. The minimum atomic E-state index is -2.80. The fourth-order valence-corrected chi connectivity index (χ4v) is 3.18. The van der Waals surface area contributed by atoms with E-state index in [0.29, 0.717) is 17.0 Å². The predicted molar refractivity (Wildman–Crippen MR) is 81.2 cm³/mol.